The number of nitrogens with one attached hydrogen (secondary N) is 1. The summed E-state index contributed by atoms with van der Waals surface area (Å²) >= 11 is 1.93. The van der Waals surface area contributed by atoms with E-state index < -0.39 is 0 Å². The fourth-order valence-corrected chi connectivity index (χ4v) is 3.55. The maximum absolute atomic E-state index is 4.71. The van der Waals surface area contributed by atoms with Crippen molar-refractivity contribution in [2.24, 2.45) is 16.3 Å². The third-order valence-corrected chi connectivity index (χ3v) is 4.46. The van der Waals surface area contributed by atoms with Crippen molar-refractivity contribution in [1.82, 2.24) is 5.32 Å². The van der Waals surface area contributed by atoms with Crippen molar-refractivity contribution in [3.8, 4) is 0 Å². The van der Waals surface area contributed by atoms with E-state index in [0.29, 0.717) is 11.5 Å². The highest BCUT2D eigenvalue weighted by atomic mass is 32.2. The van der Waals surface area contributed by atoms with Crippen LogP contribution in [0.25, 0.3) is 0 Å². The molecule has 2 atom stereocenters. The summed E-state index contributed by atoms with van der Waals surface area (Å²) in [5.41, 5.74) is 0.304. The summed E-state index contributed by atoms with van der Waals surface area (Å²) in [7, 11) is 0. The fourth-order valence-electron chi connectivity index (χ4n) is 2.38. The first kappa shape index (κ1) is 12.3. The van der Waals surface area contributed by atoms with E-state index in [9.17, 15) is 0 Å². The number of fused-ring (bicyclic) bond motifs is 1. The Bertz CT molecular complexity index is 268. The molecule has 2 nitrogen and oxygen atoms in total. The first-order valence-corrected chi connectivity index (χ1v) is 7.47. The van der Waals surface area contributed by atoms with Crippen LogP contribution in [0, 0.1) is 11.3 Å². The molecule has 0 radical (unpaired) electrons. The number of amidine groups is 1. The SMILES string of the molecule is CC(C)(C)CN=C1NC2CCCCC2CS1. The molecular formula is C13H24N2S. The van der Waals surface area contributed by atoms with Gasteiger partial charge in [0.1, 0.15) is 0 Å². The molecule has 1 N–H and O–H groups in total. The van der Waals surface area contributed by atoms with Gasteiger partial charge in [0.05, 0.1) is 0 Å². The van der Waals surface area contributed by atoms with Crippen molar-refractivity contribution in [3.63, 3.8) is 0 Å². The number of hydrogen-bond donors (Lipinski definition) is 1. The first-order chi connectivity index (χ1) is 7.54. The second-order valence-electron chi connectivity index (χ2n) is 6.29. The van der Waals surface area contributed by atoms with Crippen LogP contribution in [0.5, 0.6) is 0 Å². The zero-order chi connectivity index (χ0) is 11.6. The van der Waals surface area contributed by atoms with E-state index in [0.717, 1.165) is 12.5 Å². The number of thioether (sulfide) groups is 1. The monoisotopic (exact) mass is 240 g/mol. The topological polar surface area (TPSA) is 24.4 Å². The van der Waals surface area contributed by atoms with Gasteiger partial charge in [-0.2, -0.15) is 0 Å². The quantitative estimate of drug-likeness (QED) is 0.760. The van der Waals surface area contributed by atoms with Gasteiger partial charge in [0.15, 0.2) is 5.17 Å². The Kier molecular flexibility index (Phi) is 3.83. The number of hydrogen-bond acceptors (Lipinski definition) is 2. The standard InChI is InChI=1S/C13H24N2S/c1-13(2,3)9-14-12-15-11-7-5-4-6-10(11)8-16-12/h10-11H,4-9H2,1-3H3,(H,14,15). The lowest BCUT2D eigenvalue weighted by Gasteiger charge is -2.37. The molecular weight excluding hydrogens is 216 g/mol. The second kappa shape index (κ2) is 4.99. The molecule has 92 valence electrons. The van der Waals surface area contributed by atoms with Crippen LogP contribution in [0.4, 0.5) is 0 Å². The Labute approximate surface area is 104 Å². The van der Waals surface area contributed by atoms with E-state index in [2.05, 4.69) is 26.1 Å². The Balaban J connectivity index is 1.89. The van der Waals surface area contributed by atoms with Crippen molar-refractivity contribution >= 4 is 16.9 Å². The largest absolute Gasteiger partial charge is 0.362 e. The predicted molar refractivity (Wildman–Crippen MR) is 73.1 cm³/mol. The van der Waals surface area contributed by atoms with Gasteiger partial charge in [0.2, 0.25) is 0 Å². The fraction of sp³-hybridized carbons (Fsp3) is 0.923. The van der Waals surface area contributed by atoms with Crippen LogP contribution in [0.15, 0.2) is 4.99 Å². The van der Waals surface area contributed by atoms with Gasteiger partial charge < -0.3 is 5.32 Å². The van der Waals surface area contributed by atoms with E-state index in [1.165, 1.54) is 36.6 Å². The molecule has 0 aromatic rings. The summed E-state index contributed by atoms with van der Waals surface area (Å²) in [6, 6.07) is 0.716. The Morgan fingerprint density at radius 1 is 1.31 bits per heavy atom. The minimum Gasteiger partial charge on any atom is -0.362 e. The second-order valence-corrected chi connectivity index (χ2v) is 7.30. The summed E-state index contributed by atoms with van der Waals surface area (Å²) in [6.07, 6.45) is 5.58. The van der Waals surface area contributed by atoms with Crippen LogP contribution in [0.3, 0.4) is 0 Å². The summed E-state index contributed by atoms with van der Waals surface area (Å²) in [4.78, 5) is 4.71. The molecule has 1 saturated heterocycles. The number of rotatable bonds is 1. The highest BCUT2D eigenvalue weighted by molar-refractivity contribution is 8.13. The van der Waals surface area contributed by atoms with Crippen LogP contribution in [0.2, 0.25) is 0 Å². The van der Waals surface area contributed by atoms with E-state index in [1.807, 2.05) is 11.8 Å². The van der Waals surface area contributed by atoms with Gasteiger partial charge in [0.25, 0.3) is 0 Å². The smallest absolute Gasteiger partial charge is 0.156 e. The number of nitrogens with zero attached hydrogens (tertiary/aromatic N) is 1. The zero-order valence-electron chi connectivity index (χ0n) is 10.8. The van der Waals surface area contributed by atoms with Gasteiger partial charge >= 0.3 is 0 Å². The van der Waals surface area contributed by atoms with E-state index in [4.69, 9.17) is 4.99 Å². The molecule has 16 heavy (non-hydrogen) atoms. The van der Waals surface area contributed by atoms with Gasteiger partial charge in [-0.3, -0.25) is 4.99 Å². The lowest BCUT2D eigenvalue weighted by atomic mass is 9.86. The molecule has 3 heteroatoms. The Morgan fingerprint density at radius 2 is 2.06 bits per heavy atom. The number of aliphatic imine (C=N–C) groups is 1. The molecule has 1 aliphatic carbocycles. The van der Waals surface area contributed by atoms with Crippen molar-refractivity contribution < 1.29 is 0 Å². The molecule has 2 aliphatic rings. The van der Waals surface area contributed by atoms with Crippen molar-refractivity contribution in [2.45, 2.75) is 52.5 Å². The highest BCUT2D eigenvalue weighted by Crippen LogP contribution is 2.31. The molecule has 1 aliphatic heterocycles. The van der Waals surface area contributed by atoms with E-state index >= 15 is 0 Å². The van der Waals surface area contributed by atoms with Crippen LogP contribution in [-0.2, 0) is 0 Å². The summed E-state index contributed by atoms with van der Waals surface area (Å²) in [5.74, 6) is 2.17. The predicted octanol–water partition coefficient (Wildman–Crippen LogP) is 3.28. The molecule has 2 unspecified atom stereocenters. The van der Waals surface area contributed by atoms with Crippen LogP contribution in [-0.4, -0.2) is 23.5 Å². The highest BCUT2D eigenvalue weighted by Gasteiger charge is 2.30. The maximum Gasteiger partial charge on any atom is 0.156 e. The van der Waals surface area contributed by atoms with Crippen molar-refractivity contribution in [2.75, 3.05) is 12.3 Å². The molecule has 2 rings (SSSR count). The van der Waals surface area contributed by atoms with Crippen LogP contribution in [0.1, 0.15) is 46.5 Å². The van der Waals surface area contributed by atoms with Crippen molar-refractivity contribution in [3.05, 3.63) is 0 Å². The third kappa shape index (κ3) is 3.41. The normalized spacial score (nSPS) is 33.3. The summed E-state index contributed by atoms with van der Waals surface area (Å²) in [6.45, 7) is 7.66. The molecule has 1 saturated carbocycles. The average molecular weight is 240 g/mol. The first-order valence-electron chi connectivity index (χ1n) is 6.48. The molecule has 0 spiro atoms. The van der Waals surface area contributed by atoms with Gasteiger partial charge in [-0.1, -0.05) is 45.4 Å². The minimum atomic E-state index is 0.304. The summed E-state index contributed by atoms with van der Waals surface area (Å²) in [5, 5.41) is 4.83. The lowest BCUT2D eigenvalue weighted by Crippen LogP contribution is -2.46. The molecule has 0 aromatic carbocycles. The average Bonchev–Trinajstić information content (AvgIpc) is 2.25. The minimum absolute atomic E-state index is 0.304. The maximum atomic E-state index is 4.71. The van der Waals surface area contributed by atoms with Gasteiger partial charge in [-0.15, -0.1) is 0 Å². The van der Waals surface area contributed by atoms with Gasteiger partial charge in [0, 0.05) is 18.3 Å². The molecule has 0 amide bonds. The van der Waals surface area contributed by atoms with E-state index in [1.54, 1.807) is 0 Å². The van der Waals surface area contributed by atoms with E-state index in [-0.39, 0.29) is 0 Å². The molecule has 1 heterocycles. The van der Waals surface area contributed by atoms with Crippen LogP contribution < -0.4 is 5.32 Å². The summed E-state index contributed by atoms with van der Waals surface area (Å²) < 4.78 is 0. The third-order valence-electron chi connectivity index (χ3n) is 3.35. The Hall–Kier alpha value is -0.180. The molecule has 0 aromatic heterocycles. The van der Waals surface area contributed by atoms with Crippen LogP contribution >= 0.6 is 11.8 Å². The van der Waals surface area contributed by atoms with Crippen molar-refractivity contribution in [1.29, 1.82) is 0 Å². The lowest BCUT2D eigenvalue weighted by molar-refractivity contribution is 0.310. The molecule has 2 fully saturated rings. The zero-order valence-corrected chi connectivity index (χ0v) is 11.6. The Morgan fingerprint density at radius 3 is 2.81 bits per heavy atom. The molecule has 0 bridgehead atoms. The van der Waals surface area contributed by atoms with Gasteiger partial charge in [-0.05, 0) is 24.2 Å². The van der Waals surface area contributed by atoms with Gasteiger partial charge in [-0.25, -0.2) is 0 Å².